The first-order valence-corrected chi connectivity index (χ1v) is 5.53. The number of amides is 1. The van der Waals surface area contributed by atoms with Crippen LogP contribution in [-0.2, 0) is 4.79 Å². The molecule has 0 aromatic rings. The molecule has 1 saturated carbocycles. The molecule has 14 heavy (non-hydrogen) atoms. The van der Waals surface area contributed by atoms with E-state index >= 15 is 0 Å². The molecule has 0 radical (unpaired) electrons. The quantitative estimate of drug-likeness (QED) is 0.744. The maximum absolute atomic E-state index is 11.0. The van der Waals surface area contributed by atoms with Gasteiger partial charge in [-0.15, -0.1) is 0 Å². The number of hydrogen-bond acceptors (Lipinski definition) is 2. The predicted molar refractivity (Wildman–Crippen MR) is 57.8 cm³/mol. The van der Waals surface area contributed by atoms with Gasteiger partial charge in [0.15, 0.2) is 0 Å². The second kappa shape index (κ2) is 4.78. The van der Waals surface area contributed by atoms with Crippen molar-refractivity contribution < 1.29 is 4.79 Å². The molecule has 0 spiro atoms. The van der Waals surface area contributed by atoms with Gasteiger partial charge in [0.05, 0.1) is 6.04 Å². The van der Waals surface area contributed by atoms with Crippen LogP contribution in [0.2, 0.25) is 0 Å². The van der Waals surface area contributed by atoms with Gasteiger partial charge in [-0.2, -0.15) is 0 Å². The maximum atomic E-state index is 11.0. The Balaban J connectivity index is 2.45. The number of rotatable bonds is 3. The topological polar surface area (TPSA) is 46.3 Å². The normalized spacial score (nSPS) is 30.3. The van der Waals surface area contributed by atoms with Gasteiger partial charge in [0.25, 0.3) is 0 Å². The minimum absolute atomic E-state index is 0.131. The van der Waals surface area contributed by atoms with Gasteiger partial charge in [-0.05, 0) is 45.6 Å². The molecule has 1 unspecified atom stereocenters. The molecule has 3 heteroatoms. The van der Waals surface area contributed by atoms with Gasteiger partial charge in [0.1, 0.15) is 0 Å². The molecule has 0 bridgehead atoms. The van der Waals surface area contributed by atoms with Crippen molar-refractivity contribution in [2.24, 2.45) is 11.7 Å². The highest BCUT2D eigenvalue weighted by Gasteiger charge is 2.26. The smallest absolute Gasteiger partial charge is 0.234 e. The first kappa shape index (κ1) is 11.5. The molecule has 2 N–H and O–H groups in total. The number of carbonyl (C=O) groups excluding carboxylic acids is 1. The van der Waals surface area contributed by atoms with Crippen molar-refractivity contribution in [3.63, 3.8) is 0 Å². The molecular formula is C11H22N2O. The zero-order valence-corrected chi connectivity index (χ0v) is 9.49. The first-order chi connectivity index (χ1) is 6.52. The Labute approximate surface area is 86.6 Å². The zero-order chi connectivity index (χ0) is 10.7. The third-order valence-electron chi connectivity index (χ3n) is 3.58. The third kappa shape index (κ3) is 2.71. The van der Waals surface area contributed by atoms with Crippen molar-refractivity contribution in [3.05, 3.63) is 0 Å². The van der Waals surface area contributed by atoms with Gasteiger partial charge in [0, 0.05) is 6.04 Å². The fourth-order valence-corrected chi connectivity index (χ4v) is 2.17. The summed E-state index contributed by atoms with van der Waals surface area (Å²) in [7, 11) is 2.01. The van der Waals surface area contributed by atoms with Crippen LogP contribution >= 0.6 is 0 Å². The average molecular weight is 198 g/mol. The number of carbonyl (C=O) groups is 1. The summed E-state index contributed by atoms with van der Waals surface area (Å²) < 4.78 is 0. The molecule has 0 aliphatic heterocycles. The Bertz CT molecular complexity index is 197. The van der Waals surface area contributed by atoms with Crippen molar-refractivity contribution >= 4 is 5.91 Å². The largest absolute Gasteiger partial charge is 0.368 e. The third-order valence-corrected chi connectivity index (χ3v) is 3.58. The van der Waals surface area contributed by atoms with Crippen LogP contribution in [0, 0.1) is 5.92 Å². The monoisotopic (exact) mass is 198 g/mol. The molecule has 1 aliphatic rings. The van der Waals surface area contributed by atoms with E-state index in [9.17, 15) is 4.79 Å². The van der Waals surface area contributed by atoms with E-state index in [0.29, 0.717) is 6.04 Å². The van der Waals surface area contributed by atoms with Gasteiger partial charge in [0.2, 0.25) is 5.91 Å². The van der Waals surface area contributed by atoms with E-state index in [4.69, 9.17) is 5.73 Å². The van der Waals surface area contributed by atoms with Crippen LogP contribution in [0.1, 0.15) is 39.5 Å². The molecule has 0 heterocycles. The van der Waals surface area contributed by atoms with E-state index in [1.165, 1.54) is 25.7 Å². The van der Waals surface area contributed by atoms with Crippen LogP contribution < -0.4 is 5.73 Å². The number of likely N-dealkylation sites (N-methyl/N-ethyl adjacent to an activating group) is 1. The van der Waals surface area contributed by atoms with E-state index in [1.807, 2.05) is 14.0 Å². The molecule has 1 rings (SSSR count). The maximum Gasteiger partial charge on any atom is 0.234 e. The standard InChI is InChI=1S/C11H22N2O/c1-8-4-6-10(7-5-8)13(3)9(2)11(12)14/h8-10H,4-7H2,1-3H3,(H2,12,14). The zero-order valence-electron chi connectivity index (χ0n) is 9.49. The summed E-state index contributed by atoms with van der Waals surface area (Å²) >= 11 is 0. The number of nitrogens with zero attached hydrogens (tertiary/aromatic N) is 1. The lowest BCUT2D eigenvalue weighted by Crippen LogP contribution is -2.46. The van der Waals surface area contributed by atoms with Gasteiger partial charge in [-0.1, -0.05) is 6.92 Å². The molecule has 1 fully saturated rings. The van der Waals surface area contributed by atoms with Crippen molar-refractivity contribution in [1.82, 2.24) is 4.90 Å². The SMILES string of the molecule is CC1CCC(N(C)C(C)C(N)=O)CC1. The molecule has 1 aliphatic carbocycles. The van der Waals surface area contributed by atoms with Crippen LogP contribution in [0.15, 0.2) is 0 Å². The molecule has 82 valence electrons. The number of nitrogens with two attached hydrogens (primary N) is 1. The molecule has 0 aromatic carbocycles. The lowest BCUT2D eigenvalue weighted by atomic mass is 9.86. The predicted octanol–water partition coefficient (Wildman–Crippen LogP) is 1.37. The highest BCUT2D eigenvalue weighted by atomic mass is 16.1. The first-order valence-electron chi connectivity index (χ1n) is 5.53. The highest BCUT2D eigenvalue weighted by Crippen LogP contribution is 2.27. The molecule has 1 amide bonds. The van der Waals surface area contributed by atoms with Crippen molar-refractivity contribution in [3.8, 4) is 0 Å². The van der Waals surface area contributed by atoms with E-state index in [0.717, 1.165) is 5.92 Å². The van der Waals surface area contributed by atoms with Crippen LogP contribution in [0.5, 0.6) is 0 Å². The summed E-state index contributed by atoms with van der Waals surface area (Å²) in [6.07, 6.45) is 4.96. The van der Waals surface area contributed by atoms with E-state index in [-0.39, 0.29) is 11.9 Å². The van der Waals surface area contributed by atoms with E-state index < -0.39 is 0 Å². The van der Waals surface area contributed by atoms with Crippen LogP contribution in [0.4, 0.5) is 0 Å². The van der Waals surface area contributed by atoms with Crippen molar-refractivity contribution in [2.45, 2.75) is 51.6 Å². The Morgan fingerprint density at radius 1 is 1.36 bits per heavy atom. The van der Waals surface area contributed by atoms with Crippen molar-refractivity contribution in [1.29, 1.82) is 0 Å². The van der Waals surface area contributed by atoms with Crippen molar-refractivity contribution in [2.75, 3.05) is 7.05 Å². The fraction of sp³-hybridized carbons (Fsp3) is 0.909. The Morgan fingerprint density at radius 2 is 1.86 bits per heavy atom. The summed E-state index contributed by atoms with van der Waals surface area (Å²) in [4.78, 5) is 13.2. The lowest BCUT2D eigenvalue weighted by molar-refractivity contribution is -0.123. The van der Waals surface area contributed by atoms with Gasteiger partial charge >= 0.3 is 0 Å². The summed E-state index contributed by atoms with van der Waals surface area (Å²) in [6.45, 7) is 4.19. The second-order valence-electron chi connectivity index (χ2n) is 4.66. The molecule has 1 atom stereocenters. The minimum atomic E-state index is -0.217. The second-order valence-corrected chi connectivity index (χ2v) is 4.66. The molecule has 0 aromatic heterocycles. The van der Waals surface area contributed by atoms with E-state index in [2.05, 4.69) is 11.8 Å². The Kier molecular flexibility index (Phi) is 3.93. The molecule has 0 saturated heterocycles. The lowest BCUT2D eigenvalue weighted by Gasteiger charge is -2.36. The number of hydrogen-bond donors (Lipinski definition) is 1. The fourth-order valence-electron chi connectivity index (χ4n) is 2.17. The molecule has 3 nitrogen and oxygen atoms in total. The van der Waals surface area contributed by atoms with Crippen LogP contribution in [0.25, 0.3) is 0 Å². The average Bonchev–Trinajstić information content (AvgIpc) is 2.16. The number of primary amides is 1. The Hall–Kier alpha value is -0.570. The summed E-state index contributed by atoms with van der Waals surface area (Å²) in [6, 6.07) is 0.419. The minimum Gasteiger partial charge on any atom is -0.368 e. The van der Waals surface area contributed by atoms with Crippen LogP contribution in [0.3, 0.4) is 0 Å². The summed E-state index contributed by atoms with van der Waals surface area (Å²) in [5, 5.41) is 0. The van der Waals surface area contributed by atoms with Gasteiger partial charge in [-0.25, -0.2) is 0 Å². The highest BCUT2D eigenvalue weighted by molar-refractivity contribution is 5.79. The summed E-state index contributed by atoms with van der Waals surface area (Å²) in [5.74, 6) is 0.634. The van der Waals surface area contributed by atoms with E-state index in [1.54, 1.807) is 0 Å². The summed E-state index contributed by atoms with van der Waals surface area (Å²) in [5.41, 5.74) is 5.29. The van der Waals surface area contributed by atoms with Crippen LogP contribution in [-0.4, -0.2) is 29.9 Å². The molecular weight excluding hydrogens is 176 g/mol. The van der Waals surface area contributed by atoms with Gasteiger partial charge in [-0.3, -0.25) is 9.69 Å². The van der Waals surface area contributed by atoms with Gasteiger partial charge < -0.3 is 5.73 Å². The Morgan fingerprint density at radius 3 is 2.29 bits per heavy atom.